The number of rotatable bonds is 4. The number of amides is 2. The summed E-state index contributed by atoms with van der Waals surface area (Å²) in [4.78, 5) is 24.8. The molecule has 0 radical (unpaired) electrons. The molecular formula is C22H18N2O4. The number of anilines is 2. The Hall–Kier alpha value is -3.80. The number of carbonyl (C=O) groups is 2. The number of para-hydroxylation sites is 2. The minimum Gasteiger partial charge on any atom is -0.485 e. The van der Waals surface area contributed by atoms with E-state index >= 15 is 0 Å². The molecule has 140 valence electrons. The predicted octanol–water partition coefficient (Wildman–Crippen LogP) is 3.72. The van der Waals surface area contributed by atoms with Crippen molar-refractivity contribution < 1.29 is 19.1 Å². The van der Waals surface area contributed by atoms with E-state index in [1.807, 2.05) is 18.2 Å². The third-order valence-electron chi connectivity index (χ3n) is 4.22. The van der Waals surface area contributed by atoms with E-state index in [0.717, 1.165) is 0 Å². The normalized spacial score (nSPS) is 14.8. The second-order valence-electron chi connectivity index (χ2n) is 6.25. The summed E-state index contributed by atoms with van der Waals surface area (Å²) in [5.41, 5.74) is 1.69. The minimum absolute atomic E-state index is 0.132. The van der Waals surface area contributed by atoms with Gasteiger partial charge in [0.25, 0.3) is 11.8 Å². The molecule has 2 amide bonds. The van der Waals surface area contributed by atoms with Crippen LogP contribution in [0.4, 0.5) is 11.4 Å². The second-order valence-corrected chi connectivity index (χ2v) is 6.25. The zero-order valence-electron chi connectivity index (χ0n) is 14.9. The molecule has 0 unspecified atom stereocenters. The van der Waals surface area contributed by atoms with E-state index in [1.165, 1.54) is 0 Å². The summed E-state index contributed by atoms with van der Waals surface area (Å²) in [5, 5.41) is 5.62. The van der Waals surface area contributed by atoms with E-state index in [4.69, 9.17) is 9.47 Å². The van der Waals surface area contributed by atoms with Crippen LogP contribution >= 0.6 is 0 Å². The molecule has 0 bridgehead atoms. The monoisotopic (exact) mass is 374 g/mol. The Morgan fingerprint density at radius 1 is 0.786 bits per heavy atom. The van der Waals surface area contributed by atoms with Gasteiger partial charge in [-0.2, -0.15) is 0 Å². The van der Waals surface area contributed by atoms with Gasteiger partial charge in [-0.3, -0.25) is 9.59 Å². The first-order valence-corrected chi connectivity index (χ1v) is 8.85. The van der Waals surface area contributed by atoms with Crippen LogP contribution in [0.3, 0.4) is 0 Å². The largest absolute Gasteiger partial charge is 0.485 e. The van der Waals surface area contributed by atoms with Crippen LogP contribution in [0.15, 0.2) is 78.9 Å². The summed E-state index contributed by atoms with van der Waals surface area (Å²) in [6.07, 6.45) is -0.752. The van der Waals surface area contributed by atoms with Gasteiger partial charge in [-0.1, -0.05) is 36.4 Å². The topological polar surface area (TPSA) is 76.7 Å². The number of ether oxygens (including phenoxy) is 2. The summed E-state index contributed by atoms with van der Waals surface area (Å²) in [6, 6.07) is 23.1. The first-order valence-electron chi connectivity index (χ1n) is 8.85. The average molecular weight is 374 g/mol. The van der Waals surface area contributed by atoms with Crippen LogP contribution in [0.1, 0.15) is 10.4 Å². The maximum atomic E-state index is 12.5. The first-order chi connectivity index (χ1) is 13.7. The third-order valence-corrected chi connectivity index (χ3v) is 4.22. The van der Waals surface area contributed by atoms with E-state index < -0.39 is 6.10 Å². The molecule has 4 rings (SSSR count). The van der Waals surface area contributed by atoms with Crippen LogP contribution in [0, 0.1) is 0 Å². The van der Waals surface area contributed by atoms with E-state index in [1.54, 1.807) is 60.7 Å². The van der Waals surface area contributed by atoms with Crippen LogP contribution in [0.2, 0.25) is 0 Å². The molecule has 0 saturated carbocycles. The van der Waals surface area contributed by atoms with Crippen molar-refractivity contribution in [1.82, 2.24) is 0 Å². The van der Waals surface area contributed by atoms with Gasteiger partial charge < -0.3 is 20.1 Å². The molecule has 1 heterocycles. The summed E-state index contributed by atoms with van der Waals surface area (Å²) in [6.45, 7) is 0.132. The van der Waals surface area contributed by atoms with E-state index in [-0.39, 0.29) is 18.4 Å². The maximum absolute atomic E-state index is 12.5. The number of carbonyl (C=O) groups excluding carboxylic acids is 2. The first kappa shape index (κ1) is 17.6. The molecule has 6 heteroatoms. The van der Waals surface area contributed by atoms with Crippen molar-refractivity contribution in [3.63, 3.8) is 0 Å². The van der Waals surface area contributed by atoms with Gasteiger partial charge in [-0.15, -0.1) is 0 Å². The molecule has 0 aliphatic carbocycles. The quantitative estimate of drug-likeness (QED) is 0.730. The van der Waals surface area contributed by atoms with Crippen molar-refractivity contribution in [2.24, 2.45) is 0 Å². The van der Waals surface area contributed by atoms with Gasteiger partial charge in [0.2, 0.25) is 6.10 Å². The van der Waals surface area contributed by atoms with Crippen LogP contribution < -0.4 is 20.1 Å². The zero-order chi connectivity index (χ0) is 19.3. The van der Waals surface area contributed by atoms with Crippen LogP contribution in [0.25, 0.3) is 0 Å². The average Bonchev–Trinajstić information content (AvgIpc) is 2.74. The number of hydrogen-bond acceptors (Lipinski definition) is 4. The van der Waals surface area contributed by atoms with Crippen LogP contribution in [-0.4, -0.2) is 24.5 Å². The molecular weight excluding hydrogens is 356 g/mol. The molecule has 3 aromatic rings. The molecule has 1 aliphatic heterocycles. The Morgan fingerprint density at radius 2 is 1.46 bits per heavy atom. The van der Waals surface area contributed by atoms with Gasteiger partial charge in [-0.25, -0.2) is 0 Å². The predicted molar refractivity (Wildman–Crippen MR) is 106 cm³/mol. The van der Waals surface area contributed by atoms with Crippen molar-refractivity contribution in [2.45, 2.75) is 6.10 Å². The van der Waals surface area contributed by atoms with Crippen molar-refractivity contribution in [3.8, 4) is 11.5 Å². The Kier molecular flexibility index (Phi) is 4.93. The lowest BCUT2D eigenvalue weighted by Gasteiger charge is -2.25. The maximum Gasteiger partial charge on any atom is 0.269 e. The van der Waals surface area contributed by atoms with Gasteiger partial charge in [0, 0.05) is 16.9 Å². The van der Waals surface area contributed by atoms with Gasteiger partial charge in [0.15, 0.2) is 11.5 Å². The molecule has 6 nitrogen and oxygen atoms in total. The second kappa shape index (κ2) is 7.84. The number of nitrogens with one attached hydrogen (secondary N) is 2. The summed E-state index contributed by atoms with van der Waals surface area (Å²) >= 11 is 0. The minimum atomic E-state index is -0.752. The zero-order valence-corrected chi connectivity index (χ0v) is 14.9. The third kappa shape index (κ3) is 3.96. The molecule has 3 aromatic carbocycles. The highest BCUT2D eigenvalue weighted by Crippen LogP contribution is 2.31. The fraction of sp³-hybridized carbons (Fsp3) is 0.0909. The van der Waals surface area contributed by atoms with Crippen LogP contribution in [-0.2, 0) is 4.79 Å². The lowest BCUT2D eigenvalue weighted by Crippen LogP contribution is -2.40. The molecule has 0 aromatic heterocycles. The standard InChI is InChI=1S/C22H18N2O4/c25-21(15-7-2-1-3-8-15)23-16-9-6-10-17(13-16)24-22(26)20-14-27-18-11-4-5-12-19(18)28-20/h1-13,20H,14H2,(H,23,25)(H,24,26)/t20-/m0/s1. The highest BCUT2D eigenvalue weighted by atomic mass is 16.6. The van der Waals surface area contributed by atoms with E-state index in [9.17, 15) is 9.59 Å². The fourth-order valence-corrected chi connectivity index (χ4v) is 2.84. The highest BCUT2D eigenvalue weighted by molar-refractivity contribution is 6.04. The molecule has 0 saturated heterocycles. The number of fused-ring (bicyclic) bond motifs is 1. The number of benzene rings is 3. The summed E-state index contributed by atoms with van der Waals surface area (Å²) in [5.74, 6) is 0.626. The Balaban J connectivity index is 1.41. The van der Waals surface area contributed by atoms with Crippen molar-refractivity contribution in [3.05, 3.63) is 84.4 Å². The van der Waals surface area contributed by atoms with Gasteiger partial charge >= 0.3 is 0 Å². The molecule has 28 heavy (non-hydrogen) atoms. The number of hydrogen-bond donors (Lipinski definition) is 2. The smallest absolute Gasteiger partial charge is 0.269 e. The Morgan fingerprint density at radius 3 is 2.25 bits per heavy atom. The Bertz CT molecular complexity index is 1000. The Labute approximate surface area is 162 Å². The fourth-order valence-electron chi connectivity index (χ4n) is 2.84. The van der Waals surface area contributed by atoms with Crippen molar-refractivity contribution >= 4 is 23.2 Å². The lowest BCUT2D eigenvalue weighted by molar-refractivity contribution is -0.125. The van der Waals surface area contributed by atoms with Crippen LogP contribution in [0.5, 0.6) is 11.5 Å². The van der Waals surface area contributed by atoms with Gasteiger partial charge in [0.1, 0.15) is 6.61 Å². The van der Waals surface area contributed by atoms with Gasteiger partial charge in [-0.05, 0) is 42.5 Å². The lowest BCUT2D eigenvalue weighted by atomic mass is 10.2. The molecule has 0 fully saturated rings. The molecule has 1 atom stereocenters. The highest BCUT2D eigenvalue weighted by Gasteiger charge is 2.27. The molecule has 2 N–H and O–H groups in total. The van der Waals surface area contributed by atoms with Crippen molar-refractivity contribution in [1.29, 1.82) is 0 Å². The SMILES string of the molecule is O=C(Nc1cccc(NC(=O)[C@@H]2COc3ccccc3O2)c1)c1ccccc1. The van der Waals surface area contributed by atoms with Gasteiger partial charge in [0.05, 0.1) is 0 Å². The summed E-state index contributed by atoms with van der Waals surface area (Å²) in [7, 11) is 0. The van der Waals surface area contributed by atoms with Crippen molar-refractivity contribution in [2.75, 3.05) is 17.2 Å². The van der Waals surface area contributed by atoms with E-state index in [0.29, 0.717) is 28.4 Å². The summed E-state index contributed by atoms with van der Waals surface area (Å²) < 4.78 is 11.3. The molecule has 1 aliphatic rings. The molecule has 0 spiro atoms. The van der Waals surface area contributed by atoms with E-state index in [2.05, 4.69) is 10.6 Å².